The lowest BCUT2D eigenvalue weighted by molar-refractivity contribution is 0.0163. The van der Waals surface area contributed by atoms with E-state index >= 15 is 0 Å². The third-order valence-corrected chi connectivity index (χ3v) is 5.00. The molecule has 1 aliphatic carbocycles. The predicted molar refractivity (Wildman–Crippen MR) is 103 cm³/mol. The first-order chi connectivity index (χ1) is 13.6. The molecular weight excluding hydrogens is 358 g/mol. The zero-order chi connectivity index (χ0) is 19.5. The predicted octanol–water partition coefficient (Wildman–Crippen LogP) is 2.34. The van der Waals surface area contributed by atoms with Crippen LogP contribution in [0.25, 0.3) is 11.1 Å². The number of nitrogens with zero attached hydrogens (tertiary/aromatic N) is 1. The molecule has 0 saturated carbocycles. The van der Waals surface area contributed by atoms with Crippen molar-refractivity contribution in [2.45, 2.75) is 18.1 Å². The zero-order valence-electron chi connectivity index (χ0n) is 15.1. The lowest BCUT2D eigenvalue weighted by Crippen LogP contribution is -2.36. The molecule has 0 aliphatic heterocycles. The van der Waals surface area contributed by atoms with Crippen molar-refractivity contribution >= 4 is 6.09 Å². The van der Waals surface area contributed by atoms with Crippen molar-refractivity contribution in [3.8, 4) is 11.1 Å². The lowest BCUT2D eigenvalue weighted by Gasteiger charge is -2.18. The molecule has 0 spiro atoms. The van der Waals surface area contributed by atoms with Gasteiger partial charge in [-0.3, -0.25) is 0 Å². The van der Waals surface area contributed by atoms with Crippen LogP contribution in [0.2, 0.25) is 0 Å². The van der Waals surface area contributed by atoms with Crippen LogP contribution in [0.3, 0.4) is 0 Å². The number of hydrogen-bond acceptors (Lipinski definition) is 5. The highest BCUT2D eigenvalue weighted by Crippen LogP contribution is 2.44. The number of carbonyl (C=O) groups excluding carboxylic acids is 1. The van der Waals surface area contributed by atoms with E-state index in [1.807, 2.05) is 36.4 Å². The Balaban J connectivity index is 1.35. The summed E-state index contributed by atoms with van der Waals surface area (Å²) in [5.74, 6) is -0.0290. The van der Waals surface area contributed by atoms with Crippen LogP contribution < -0.4 is 5.32 Å². The van der Waals surface area contributed by atoms with Gasteiger partial charge in [0.1, 0.15) is 18.8 Å². The first-order valence-electron chi connectivity index (χ1n) is 9.08. The number of ether oxygens (including phenoxy) is 1. The molecule has 7 heteroatoms. The molecule has 4 rings (SSSR count). The fraction of sp³-hybridized carbons (Fsp3) is 0.238. The second kappa shape index (κ2) is 7.84. The van der Waals surface area contributed by atoms with Crippen LogP contribution >= 0.6 is 0 Å². The number of aromatic amines is 1. The number of H-pyrrole nitrogens is 1. The second-order valence-corrected chi connectivity index (χ2v) is 6.73. The molecule has 0 bridgehead atoms. The number of carbonyl (C=O) groups is 1. The molecule has 1 amide bonds. The molecule has 3 aromatic rings. The number of rotatable bonds is 6. The maximum Gasteiger partial charge on any atom is 0.407 e. The first-order valence-corrected chi connectivity index (χ1v) is 9.08. The van der Waals surface area contributed by atoms with Crippen LogP contribution in [0.15, 0.2) is 61.1 Å². The maximum atomic E-state index is 12.1. The summed E-state index contributed by atoms with van der Waals surface area (Å²) < 4.78 is 5.40. The van der Waals surface area contributed by atoms with E-state index in [0.717, 1.165) is 22.3 Å². The van der Waals surface area contributed by atoms with Crippen molar-refractivity contribution in [2.75, 3.05) is 13.2 Å². The van der Waals surface area contributed by atoms with Gasteiger partial charge in [0.05, 0.1) is 18.2 Å². The van der Waals surface area contributed by atoms with Gasteiger partial charge in [-0.1, -0.05) is 48.5 Å². The van der Waals surface area contributed by atoms with E-state index in [4.69, 9.17) is 4.74 Å². The van der Waals surface area contributed by atoms with Gasteiger partial charge in [0.25, 0.3) is 0 Å². The fourth-order valence-electron chi connectivity index (χ4n) is 3.58. The summed E-state index contributed by atoms with van der Waals surface area (Å²) in [6.07, 6.45) is -0.166. The first kappa shape index (κ1) is 18.2. The minimum absolute atomic E-state index is 0.0290. The van der Waals surface area contributed by atoms with Crippen LogP contribution in [0.4, 0.5) is 4.79 Å². The average Bonchev–Trinajstić information content (AvgIpc) is 3.37. The van der Waals surface area contributed by atoms with Gasteiger partial charge in [0.2, 0.25) is 0 Å². The van der Waals surface area contributed by atoms with Crippen molar-refractivity contribution in [3.05, 3.63) is 77.9 Å². The normalized spacial score (nSPS) is 14.8. The van der Waals surface area contributed by atoms with Gasteiger partial charge in [-0.05, 0) is 22.3 Å². The smallest absolute Gasteiger partial charge is 0.407 e. The number of aliphatic hydroxyl groups is 2. The highest BCUT2D eigenvalue weighted by Gasteiger charge is 2.29. The number of fused-ring (bicyclic) bond motifs is 3. The van der Waals surface area contributed by atoms with Crippen LogP contribution in [-0.4, -0.2) is 45.5 Å². The fourth-order valence-corrected chi connectivity index (χ4v) is 3.58. The van der Waals surface area contributed by atoms with Crippen LogP contribution in [0.1, 0.15) is 28.8 Å². The number of amides is 1. The molecule has 1 aromatic heterocycles. The van der Waals surface area contributed by atoms with E-state index in [1.165, 1.54) is 12.5 Å². The molecule has 28 heavy (non-hydrogen) atoms. The minimum atomic E-state index is -1.18. The van der Waals surface area contributed by atoms with E-state index in [9.17, 15) is 15.0 Å². The molecule has 144 valence electrons. The number of alkyl carbamates (subject to hydrolysis) is 1. The number of benzene rings is 2. The lowest BCUT2D eigenvalue weighted by atomic mass is 9.98. The van der Waals surface area contributed by atoms with Gasteiger partial charge < -0.3 is 25.3 Å². The van der Waals surface area contributed by atoms with Gasteiger partial charge in [-0.15, -0.1) is 0 Å². The standard InChI is InChI=1S/C21H21N3O4/c25-19(20(26)18-9-22-12-24-18)10-23-21(27)28-11-17-15-7-3-1-5-13(15)14-6-2-4-8-16(14)17/h1-9,12,17,19-20,25-26H,10-11H2,(H,22,24)(H,23,27). The number of aromatic nitrogens is 2. The molecule has 2 unspecified atom stereocenters. The van der Waals surface area contributed by atoms with Crippen molar-refractivity contribution in [2.24, 2.45) is 0 Å². The van der Waals surface area contributed by atoms with Gasteiger partial charge >= 0.3 is 6.09 Å². The number of imidazole rings is 1. The quantitative estimate of drug-likeness (QED) is 0.526. The Bertz CT molecular complexity index is 912. The maximum absolute atomic E-state index is 12.1. The number of hydrogen-bond donors (Lipinski definition) is 4. The van der Waals surface area contributed by atoms with Gasteiger partial charge in [0, 0.05) is 12.5 Å². The Morgan fingerprint density at radius 1 is 1.11 bits per heavy atom. The molecule has 1 aliphatic rings. The Hall–Kier alpha value is -3.16. The van der Waals surface area contributed by atoms with E-state index < -0.39 is 18.3 Å². The summed E-state index contributed by atoms with van der Waals surface area (Å²) >= 11 is 0. The van der Waals surface area contributed by atoms with E-state index in [2.05, 4.69) is 27.4 Å². The molecule has 2 aromatic carbocycles. The van der Waals surface area contributed by atoms with Crippen molar-refractivity contribution in [1.82, 2.24) is 15.3 Å². The third-order valence-electron chi connectivity index (χ3n) is 5.00. The largest absolute Gasteiger partial charge is 0.449 e. The average molecular weight is 379 g/mol. The molecule has 0 fully saturated rings. The summed E-state index contributed by atoms with van der Waals surface area (Å²) in [5.41, 5.74) is 4.95. The third kappa shape index (κ3) is 3.49. The van der Waals surface area contributed by atoms with Gasteiger partial charge in [-0.25, -0.2) is 9.78 Å². The second-order valence-electron chi connectivity index (χ2n) is 6.73. The minimum Gasteiger partial charge on any atom is -0.449 e. The van der Waals surface area contributed by atoms with E-state index in [1.54, 1.807) is 0 Å². The Labute approximate surface area is 162 Å². The van der Waals surface area contributed by atoms with Gasteiger partial charge in [-0.2, -0.15) is 0 Å². The Morgan fingerprint density at radius 3 is 2.36 bits per heavy atom. The van der Waals surface area contributed by atoms with E-state index in [0.29, 0.717) is 5.69 Å². The Kier molecular flexibility index (Phi) is 5.10. The zero-order valence-corrected chi connectivity index (χ0v) is 15.1. The van der Waals surface area contributed by atoms with E-state index in [-0.39, 0.29) is 19.1 Å². The number of aliphatic hydroxyl groups excluding tert-OH is 2. The molecular formula is C21H21N3O4. The molecule has 2 atom stereocenters. The summed E-state index contributed by atoms with van der Waals surface area (Å²) in [5, 5.41) is 22.5. The van der Waals surface area contributed by atoms with Crippen LogP contribution in [-0.2, 0) is 4.74 Å². The van der Waals surface area contributed by atoms with Crippen molar-refractivity contribution in [3.63, 3.8) is 0 Å². The molecule has 0 radical (unpaired) electrons. The summed E-state index contributed by atoms with van der Waals surface area (Å²) in [4.78, 5) is 18.6. The summed E-state index contributed by atoms with van der Waals surface area (Å²) in [7, 11) is 0. The van der Waals surface area contributed by atoms with Crippen LogP contribution in [0, 0.1) is 0 Å². The van der Waals surface area contributed by atoms with Crippen LogP contribution in [0.5, 0.6) is 0 Å². The topological polar surface area (TPSA) is 107 Å². The molecule has 1 heterocycles. The van der Waals surface area contributed by atoms with Gasteiger partial charge in [0.15, 0.2) is 0 Å². The molecule has 0 saturated heterocycles. The highest BCUT2D eigenvalue weighted by molar-refractivity contribution is 5.79. The Morgan fingerprint density at radius 2 is 1.75 bits per heavy atom. The summed E-state index contributed by atoms with van der Waals surface area (Å²) in [6, 6.07) is 16.2. The molecule has 7 nitrogen and oxygen atoms in total. The monoisotopic (exact) mass is 379 g/mol. The highest BCUT2D eigenvalue weighted by atomic mass is 16.5. The number of nitrogens with one attached hydrogen (secondary N) is 2. The summed E-state index contributed by atoms with van der Waals surface area (Å²) in [6.45, 7) is 0.0515. The SMILES string of the molecule is O=C(NCC(O)C(O)c1cnc[nH]1)OCC1c2ccccc2-c2ccccc21. The van der Waals surface area contributed by atoms with Crippen molar-refractivity contribution in [1.29, 1.82) is 0 Å². The van der Waals surface area contributed by atoms with Crippen molar-refractivity contribution < 1.29 is 19.7 Å². The molecule has 4 N–H and O–H groups in total.